The summed E-state index contributed by atoms with van der Waals surface area (Å²) in [5, 5.41) is 1.35. The van der Waals surface area contributed by atoms with E-state index in [4.69, 9.17) is 5.73 Å². The zero-order chi connectivity index (χ0) is 11.7. The third-order valence-corrected chi connectivity index (χ3v) is 5.25. The van der Waals surface area contributed by atoms with Crippen molar-refractivity contribution in [1.29, 1.82) is 0 Å². The van der Waals surface area contributed by atoms with E-state index in [1.807, 2.05) is 11.3 Å². The van der Waals surface area contributed by atoms with E-state index in [0.717, 1.165) is 12.8 Å². The van der Waals surface area contributed by atoms with Crippen LogP contribution in [0.3, 0.4) is 0 Å². The Morgan fingerprint density at radius 3 is 2.41 bits per heavy atom. The quantitative estimate of drug-likeness (QED) is 0.740. The van der Waals surface area contributed by atoms with E-state index in [-0.39, 0.29) is 5.54 Å². The van der Waals surface area contributed by atoms with Crippen molar-refractivity contribution >= 4 is 21.4 Å². The number of rotatable bonds is 1. The van der Waals surface area contributed by atoms with E-state index in [1.165, 1.54) is 40.6 Å². The van der Waals surface area contributed by atoms with Crippen molar-refractivity contribution in [2.24, 2.45) is 5.73 Å². The van der Waals surface area contributed by atoms with Gasteiger partial charge in [-0.3, -0.25) is 0 Å². The van der Waals surface area contributed by atoms with Gasteiger partial charge in [0.05, 0.1) is 5.54 Å². The predicted molar refractivity (Wildman–Crippen MR) is 75.4 cm³/mol. The first-order chi connectivity index (χ1) is 8.28. The van der Waals surface area contributed by atoms with Crippen LogP contribution in [-0.2, 0) is 5.54 Å². The topological polar surface area (TPSA) is 26.0 Å². The number of benzene rings is 1. The lowest BCUT2D eigenvalue weighted by atomic mass is 9.89. The van der Waals surface area contributed by atoms with Crippen LogP contribution in [0.1, 0.15) is 43.4 Å². The van der Waals surface area contributed by atoms with Crippen LogP contribution >= 0.6 is 11.3 Å². The second-order valence-corrected chi connectivity index (χ2v) is 6.30. The fraction of sp³-hybridized carbons (Fsp3) is 0.467. The molecule has 3 rings (SSSR count). The highest BCUT2D eigenvalue weighted by Crippen LogP contribution is 2.39. The first kappa shape index (κ1) is 11.2. The Balaban J connectivity index is 2.01. The molecule has 0 radical (unpaired) electrons. The summed E-state index contributed by atoms with van der Waals surface area (Å²) in [5.41, 5.74) is 6.60. The largest absolute Gasteiger partial charge is 0.321 e. The molecule has 2 aromatic rings. The summed E-state index contributed by atoms with van der Waals surface area (Å²) in [6.07, 6.45) is 7.57. The fourth-order valence-electron chi connectivity index (χ4n) is 2.83. The van der Waals surface area contributed by atoms with Crippen molar-refractivity contribution in [2.45, 2.75) is 44.1 Å². The van der Waals surface area contributed by atoms with Gasteiger partial charge in [0.15, 0.2) is 0 Å². The van der Waals surface area contributed by atoms with Crippen LogP contribution in [0.4, 0.5) is 0 Å². The predicted octanol–water partition coefficient (Wildman–Crippen LogP) is 4.41. The standard InChI is InChI=1S/C15H19NS/c16-15(9-5-1-2-6-10-15)14-11-12-7-3-4-8-13(12)17-14/h3-4,7-8,11H,1-2,5-6,9-10,16H2. The molecule has 0 spiro atoms. The van der Waals surface area contributed by atoms with Gasteiger partial charge in [-0.2, -0.15) is 0 Å². The summed E-state index contributed by atoms with van der Waals surface area (Å²) in [6.45, 7) is 0. The third-order valence-electron chi connectivity index (χ3n) is 3.91. The molecule has 1 aromatic carbocycles. The van der Waals surface area contributed by atoms with Crippen molar-refractivity contribution in [2.75, 3.05) is 0 Å². The van der Waals surface area contributed by atoms with Gasteiger partial charge < -0.3 is 5.73 Å². The van der Waals surface area contributed by atoms with Crippen LogP contribution in [0.5, 0.6) is 0 Å². The van der Waals surface area contributed by atoms with Gasteiger partial charge in [-0.05, 0) is 30.4 Å². The van der Waals surface area contributed by atoms with Crippen molar-refractivity contribution < 1.29 is 0 Å². The third kappa shape index (κ3) is 2.12. The second-order valence-electron chi connectivity index (χ2n) is 5.22. The van der Waals surface area contributed by atoms with Crippen LogP contribution in [0.2, 0.25) is 0 Å². The minimum absolute atomic E-state index is 0.0554. The highest BCUT2D eigenvalue weighted by atomic mass is 32.1. The summed E-state index contributed by atoms with van der Waals surface area (Å²) in [6, 6.07) is 10.9. The monoisotopic (exact) mass is 245 g/mol. The molecule has 1 heterocycles. The molecule has 0 saturated heterocycles. The molecular formula is C15H19NS. The first-order valence-electron chi connectivity index (χ1n) is 6.56. The minimum Gasteiger partial charge on any atom is -0.321 e. The molecule has 0 amide bonds. The maximum atomic E-state index is 6.65. The Kier molecular flexibility index (Phi) is 2.93. The molecule has 1 aliphatic rings. The van der Waals surface area contributed by atoms with Gasteiger partial charge in [0, 0.05) is 9.58 Å². The van der Waals surface area contributed by atoms with E-state index in [0.29, 0.717) is 0 Å². The highest BCUT2D eigenvalue weighted by molar-refractivity contribution is 7.19. The Bertz CT molecular complexity index is 473. The Labute approximate surface area is 107 Å². The molecule has 1 aromatic heterocycles. The molecule has 1 saturated carbocycles. The molecule has 2 N–H and O–H groups in total. The van der Waals surface area contributed by atoms with Crippen molar-refractivity contribution in [3.63, 3.8) is 0 Å². The van der Waals surface area contributed by atoms with Crippen molar-refractivity contribution in [3.05, 3.63) is 35.2 Å². The molecule has 1 fully saturated rings. The number of nitrogens with two attached hydrogens (primary N) is 1. The maximum Gasteiger partial charge on any atom is 0.0504 e. The molecule has 2 heteroatoms. The Morgan fingerprint density at radius 2 is 1.71 bits per heavy atom. The SMILES string of the molecule is NC1(c2cc3ccccc3s2)CCCCCC1. The maximum absolute atomic E-state index is 6.65. The van der Waals surface area contributed by atoms with Crippen LogP contribution in [-0.4, -0.2) is 0 Å². The van der Waals surface area contributed by atoms with Gasteiger partial charge in [-0.15, -0.1) is 11.3 Å². The van der Waals surface area contributed by atoms with Crippen LogP contribution in [0.25, 0.3) is 10.1 Å². The molecule has 0 unspecified atom stereocenters. The summed E-state index contributed by atoms with van der Waals surface area (Å²) < 4.78 is 1.37. The molecular weight excluding hydrogens is 226 g/mol. The normalized spacial score (nSPS) is 20.3. The summed E-state index contributed by atoms with van der Waals surface area (Å²) in [4.78, 5) is 1.39. The lowest BCUT2D eigenvalue weighted by Gasteiger charge is -2.26. The highest BCUT2D eigenvalue weighted by Gasteiger charge is 2.29. The number of fused-ring (bicyclic) bond motifs is 1. The van der Waals surface area contributed by atoms with Crippen LogP contribution in [0.15, 0.2) is 30.3 Å². The fourth-order valence-corrected chi connectivity index (χ4v) is 4.05. The van der Waals surface area contributed by atoms with E-state index in [2.05, 4.69) is 30.3 Å². The zero-order valence-electron chi connectivity index (χ0n) is 10.1. The Hall–Kier alpha value is -0.860. The summed E-state index contributed by atoms with van der Waals surface area (Å²) >= 11 is 1.89. The van der Waals surface area contributed by atoms with E-state index < -0.39 is 0 Å². The van der Waals surface area contributed by atoms with Gasteiger partial charge in [-0.1, -0.05) is 43.9 Å². The molecule has 0 aliphatic heterocycles. The van der Waals surface area contributed by atoms with Crippen molar-refractivity contribution in [3.8, 4) is 0 Å². The van der Waals surface area contributed by atoms with Gasteiger partial charge >= 0.3 is 0 Å². The average Bonchev–Trinajstić information content (AvgIpc) is 2.66. The van der Waals surface area contributed by atoms with Gasteiger partial charge in [0.2, 0.25) is 0 Å². The minimum atomic E-state index is -0.0554. The molecule has 1 aliphatic carbocycles. The Morgan fingerprint density at radius 1 is 1.00 bits per heavy atom. The second kappa shape index (κ2) is 4.43. The average molecular weight is 245 g/mol. The van der Waals surface area contributed by atoms with E-state index >= 15 is 0 Å². The number of hydrogen-bond acceptors (Lipinski definition) is 2. The van der Waals surface area contributed by atoms with Crippen LogP contribution < -0.4 is 5.73 Å². The van der Waals surface area contributed by atoms with E-state index in [9.17, 15) is 0 Å². The van der Waals surface area contributed by atoms with Gasteiger partial charge in [0.1, 0.15) is 0 Å². The first-order valence-corrected chi connectivity index (χ1v) is 7.38. The van der Waals surface area contributed by atoms with Gasteiger partial charge in [-0.25, -0.2) is 0 Å². The molecule has 0 atom stereocenters. The van der Waals surface area contributed by atoms with Crippen LogP contribution in [0, 0.1) is 0 Å². The van der Waals surface area contributed by atoms with E-state index in [1.54, 1.807) is 0 Å². The molecule has 0 bridgehead atoms. The lowest BCUT2D eigenvalue weighted by molar-refractivity contribution is 0.393. The molecule has 90 valence electrons. The lowest BCUT2D eigenvalue weighted by Crippen LogP contribution is -2.34. The summed E-state index contributed by atoms with van der Waals surface area (Å²) in [5.74, 6) is 0. The summed E-state index contributed by atoms with van der Waals surface area (Å²) in [7, 11) is 0. The molecule has 1 nitrogen and oxygen atoms in total. The zero-order valence-corrected chi connectivity index (χ0v) is 10.9. The number of thiophene rings is 1. The van der Waals surface area contributed by atoms with Crippen molar-refractivity contribution in [1.82, 2.24) is 0 Å². The smallest absolute Gasteiger partial charge is 0.0504 e. The molecule has 17 heavy (non-hydrogen) atoms. The van der Waals surface area contributed by atoms with Gasteiger partial charge in [0.25, 0.3) is 0 Å². The number of hydrogen-bond donors (Lipinski definition) is 1.